The summed E-state index contributed by atoms with van der Waals surface area (Å²) in [5.74, 6) is -1.78. The van der Waals surface area contributed by atoms with Crippen LogP contribution in [0.2, 0.25) is 0 Å². The van der Waals surface area contributed by atoms with Crippen molar-refractivity contribution >= 4 is 5.97 Å². The number of benzene rings is 2. The Balaban J connectivity index is 2.22. The highest BCUT2D eigenvalue weighted by molar-refractivity contribution is 5.76. The molecule has 0 aliphatic heterocycles. The Kier molecular flexibility index (Phi) is 3.72. The minimum absolute atomic E-state index is 0.315. The largest absolute Gasteiger partial charge is 0.481 e. The average Bonchev–Trinajstić information content (AvgIpc) is 2.38. The molecule has 1 atom stereocenters. The molecule has 0 aromatic heterocycles. The summed E-state index contributed by atoms with van der Waals surface area (Å²) in [6.07, 6.45) is 0.361. The number of hydrogen-bond acceptors (Lipinski definition) is 1. The number of carboxylic acids is 1. The maximum absolute atomic E-state index is 12.8. The third-order valence-corrected chi connectivity index (χ3v) is 2.85. The normalized spacial score (nSPS) is 12.1. The van der Waals surface area contributed by atoms with Gasteiger partial charge in [0.25, 0.3) is 0 Å². The zero-order chi connectivity index (χ0) is 13.0. The van der Waals surface area contributed by atoms with E-state index in [1.54, 1.807) is 24.3 Å². The van der Waals surface area contributed by atoms with E-state index >= 15 is 0 Å². The van der Waals surface area contributed by atoms with Gasteiger partial charge in [-0.15, -0.1) is 0 Å². The van der Waals surface area contributed by atoms with Gasteiger partial charge in [-0.2, -0.15) is 0 Å². The van der Waals surface area contributed by atoms with E-state index in [9.17, 15) is 14.3 Å². The SMILES string of the molecule is O=C(O)[C@H](Cc1ccc(F)cc1)c1ccccc1. The maximum Gasteiger partial charge on any atom is 0.311 e. The highest BCUT2D eigenvalue weighted by Gasteiger charge is 2.19. The van der Waals surface area contributed by atoms with E-state index < -0.39 is 11.9 Å². The molecule has 2 aromatic carbocycles. The van der Waals surface area contributed by atoms with E-state index in [1.165, 1.54) is 12.1 Å². The van der Waals surface area contributed by atoms with Crippen molar-refractivity contribution in [2.24, 2.45) is 0 Å². The molecule has 0 bridgehead atoms. The molecule has 0 amide bonds. The van der Waals surface area contributed by atoms with Gasteiger partial charge in [0.15, 0.2) is 0 Å². The lowest BCUT2D eigenvalue weighted by Gasteiger charge is -2.12. The first-order valence-electron chi connectivity index (χ1n) is 5.69. The molecule has 0 saturated heterocycles. The van der Waals surface area contributed by atoms with Gasteiger partial charge in [-0.25, -0.2) is 4.39 Å². The van der Waals surface area contributed by atoms with E-state index in [0.717, 1.165) is 11.1 Å². The zero-order valence-electron chi connectivity index (χ0n) is 9.71. The first-order valence-corrected chi connectivity index (χ1v) is 5.69. The number of hydrogen-bond donors (Lipinski definition) is 1. The summed E-state index contributed by atoms with van der Waals surface area (Å²) < 4.78 is 12.8. The molecule has 3 heteroatoms. The minimum atomic E-state index is -0.870. The predicted molar refractivity (Wildman–Crippen MR) is 66.9 cm³/mol. The average molecular weight is 244 g/mol. The van der Waals surface area contributed by atoms with Crippen LogP contribution in [0.3, 0.4) is 0 Å². The molecule has 0 radical (unpaired) electrons. The minimum Gasteiger partial charge on any atom is -0.481 e. The van der Waals surface area contributed by atoms with E-state index in [0.29, 0.717) is 6.42 Å². The predicted octanol–water partition coefficient (Wildman–Crippen LogP) is 3.24. The van der Waals surface area contributed by atoms with Gasteiger partial charge in [0.2, 0.25) is 0 Å². The van der Waals surface area contributed by atoms with Gasteiger partial charge in [-0.3, -0.25) is 4.79 Å². The fraction of sp³-hybridized carbons (Fsp3) is 0.133. The van der Waals surface area contributed by atoms with Crippen LogP contribution in [-0.2, 0) is 11.2 Å². The summed E-state index contributed by atoms with van der Waals surface area (Å²) >= 11 is 0. The summed E-state index contributed by atoms with van der Waals surface area (Å²) in [5.41, 5.74) is 1.57. The summed E-state index contributed by atoms with van der Waals surface area (Å²) in [7, 11) is 0. The van der Waals surface area contributed by atoms with Crippen molar-refractivity contribution < 1.29 is 14.3 Å². The Morgan fingerprint density at radius 3 is 2.22 bits per heavy atom. The van der Waals surface area contributed by atoms with Crippen molar-refractivity contribution in [3.63, 3.8) is 0 Å². The number of rotatable bonds is 4. The quantitative estimate of drug-likeness (QED) is 0.896. The summed E-state index contributed by atoms with van der Waals surface area (Å²) in [6.45, 7) is 0. The van der Waals surface area contributed by atoms with Crippen LogP contribution in [0.1, 0.15) is 17.0 Å². The van der Waals surface area contributed by atoms with Crippen molar-refractivity contribution in [3.05, 3.63) is 71.5 Å². The molecule has 0 heterocycles. The standard InChI is InChI=1S/C15H13FO2/c16-13-8-6-11(7-9-13)10-14(15(17)18)12-4-2-1-3-5-12/h1-9,14H,10H2,(H,17,18)/t14-/m1/s1. The van der Waals surface area contributed by atoms with Crippen LogP contribution in [0, 0.1) is 5.82 Å². The van der Waals surface area contributed by atoms with Crippen LogP contribution in [0.15, 0.2) is 54.6 Å². The van der Waals surface area contributed by atoms with Gasteiger partial charge >= 0.3 is 5.97 Å². The Labute approximate surface area is 105 Å². The lowest BCUT2D eigenvalue weighted by Crippen LogP contribution is -2.14. The molecule has 0 aliphatic rings. The van der Waals surface area contributed by atoms with Crippen LogP contribution in [0.4, 0.5) is 4.39 Å². The maximum atomic E-state index is 12.8. The zero-order valence-corrected chi connectivity index (χ0v) is 9.71. The Morgan fingerprint density at radius 2 is 1.67 bits per heavy atom. The second-order valence-corrected chi connectivity index (χ2v) is 4.13. The lowest BCUT2D eigenvalue weighted by molar-refractivity contribution is -0.138. The Bertz CT molecular complexity index is 520. The van der Waals surface area contributed by atoms with E-state index in [1.807, 2.05) is 18.2 Å². The molecular formula is C15H13FO2. The second kappa shape index (κ2) is 5.45. The van der Waals surface area contributed by atoms with Crippen LogP contribution in [-0.4, -0.2) is 11.1 Å². The molecule has 0 saturated carbocycles. The summed E-state index contributed by atoms with van der Waals surface area (Å²) in [4.78, 5) is 11.3. The van der Waals surface area contributed by atoms with Crippen molar-refractivity contribution in [2.45, 2.75) is 12.3 Å². The Morgan fingerprint density at radius 1 is 1.06 bits per heavy atom. The fourth-order valence-electron chi connectivity index (χ4n) is 1.89. The molecule has 2 nitrogen and oxygen atoms in total. The topological polar surface area (TPSA) is 37.3 Å². The Hall–Kier alpha value is -2.16. The highest BCUT2D eigenvalue weighted by atomic mass is 19.1. The molecule has 2 rings (SSSR count). The lowest BCUT2D eigenvalue weighted by atomic mass is 9.92. The molecule has 92 valence electrons. The van der Waals surface area contributed by atoms with Gasteiger partial charge in [0, 0.05) is 0 Å². The molecule has 2 aromatic rings. The smallest absolute Gasteiger partial charge is 0.311 e. The summed E-state index contributed by atoms with van der Waals surface area (Å²) in [6, 6.07) is 15.0. The molecule has 0 unspecified atom stereocenters. The molecule has 18 heavy (non-hydrogen) atoms. The van der Waals surface area contributed by atoms with E-state index in [-0.39, 0.29) is 5.82 Å². The van der Waals surface area contributed by atoms with Gasteiger partial charge in [0.1, 0.15) is 5.82 Å². The summed E-state index contributed by atoms with van der Waals surface area (Å²) in [5, 5.41) is 9.27. The van der Waals surface area contributed by atoms with Crippen molar-refractivity contribution in [1.29, 1.82) is 0 Å². The van der Waals surface area contributed by atoms with Crippen LogP contribution < -0.4 is 0 Å². The first-order chi connectivity index (χ1) is 8.66. The van der Waals surface area contributed by atoms with Gasteiger partial charge in [0.05, 0.1) is 5.92 Å². The third-order valence-electron chi connectivity index (χ3n) is 2.85. The van der Waals surface area contributed by atoms with Crippen LogP contribution in [0.5, 0.6) is 0 Å². The van der Waals surface area contributed by atoms with Gasteiger partial charge in [-0.1, -0.05) is 42.5 Å². The second-order valence-electron chi connectivity index (χ2n) is 4.13. The van der Waals surface area contributed by atoms with Crippen molar-refractivity contribution in [1.82, 2.24) is 0 Å². The number of halogens is 1. The van der Waals surface area contributed by atoms with Gasteiger partial charge < -0.3 is 5.11 Å². The highest BCUT2D eigenvalue weighted by Crippen LogP contribution is 2.21. The molecule has 0 aliphatic carbocycles. The van der Waals surface area contributed by atoms with E-state index in [2.05, 4.69) is 0 Å². The monoisotopic (exact) mass is 244 g/mol. The van der Waals surface area contributed by atoms with Crippen LogP contribution in [0.25, 0.3) is 0 Å². The molecule has 0 spiro atoms. The van der Waals surface area contributed by atoms with Crippen molar-refractivity contribution in [2.75, 3.05) is 0 Å². The fourth-order valence-corrected chi connectivity index (χ4v) is 1.89. The molecule has 1 N–H and O–H groups in total. The number of aliphatic carboxylic acids is 1. The van der Waals surface area contributed by atoms with Crippen LogP contribution >= 0.6 is 0 Å². The van der Waals surface area contributed by atoms with Crippen molar-refractivity contribution in [3.8, 4) is 0 Å². The number of carboxylic acid groups (broad SMARTS) is 1. The molecule has 0 fully saturated rings. The number of carbonyl (C=O) groups is 1. The molecular weight excluding hydrogens is 231 g/mol. The third kappa shape index (κ3) is 2.94. The first kappa shape index (κ1) is 12.3. The van der Waals surface area contributed by atoms with Gasteiger partial charge in [-0.05, 0) is 29.7 Å². The van der Waals surface area contributed by atoms with E-state index in [4.69, 9.17) is 0 Å².